The lowest BCUT2D eigenvalue weighted by Gasteiger charge is -2.35. The molecule has 0 amide bonds. The van der Waals surface area contributed by atoms with Crippen LogP contribution < -0.4 is 0 Å². The van der Waals surface area contributed by atoms with Crippen molar-refractivity contribution in [3.8, 4) is 9.85 Å². The van der Waals surface area contributed by atoms with Crippen LogP contribution in [0.25, 0.3) is 0 Å². The lowest BCUT2D eigenvalue weighted by Crippen LogP contribution is -2.52. The predicted octanol–water partition coefficient (Wildman–Crippen LogP) is 0.859. The summed E-state index contributed by atoms with van der Waals surface area (Å²) in [4.78, 5) is 0. The first-order valence-corrected chi connectivity index (χ1v) is 4.84. The zero-order valence-corrected chi connectivity index (χ0v) is 8.93. The Bertz CT molecular complexity index is 176. The van der Waals surface area contributed by atoms with Crippen LogP contribution >= 0.6 is 22.6 Å². The van der Waals surface area contributed by atoms with E-state index in [1.807, 2.05) is 0 Å². The van der Waals surface area contributed by atoms with Crippen LogP contribution in [0.4, 0.5) is 0 Å². The number of morpholine rings is 1. The van der Waals surface area contributed by atoms with Crippen LogP contribution in [0.3, 0.4) is 0 Å². The lowest BCUT2D eigenvalue weighted by molar-refractivity contribution is -0.910. The molecule has 1 aliphatic rings. The molecule has 0 unspecified atom stereocenters. The Balaban J connectivity index is 2.41. The van der Waals surface area contributed by atoms with Gasteiger partial charge in [-0.05, 0) is 9.85 Å². The molecule has 62 valence electrons. The Morgan fingerprint density at radius 1 is 1.45 bits per heavy atom. The molecule has 1 aliphatic heterocycles. The summed E-state index contributed by atoms with van der Waals surface area (Å²) in [7, 11) is 2.24. The summed E-state index contributed by atoms with van der Waals surface area (Å²) in [6, 6.07) is 0. The highest BCUT2D eigenvalue weighted by atomic mass is 127. The van der Waals surface area contributed by atoms with Gasteiger partial charge in [0.2, 0.25) is 0 Å². The van der Waals surface area contributed by atoms with Crippen LogP contribution in [0.2, 0.25) is 0 Å². The zero-order chi connectivity index (χ0) is 8.16. The molecular formula is C8H13INO+. The van der Waals surface area contributed by atoms with Gasteiger partial charge in [-0.1, -0.05) is 0 Å². The summed E-state index contributed by atoms with van der Waals surface area (Å²) in [5.74, 6) is 3.11. The maximum absolute atomic E-state index is 5.28. The fourth-order valence-corrected chi connectivity index (χ4v) is 1.33. The minimum absolute atomic E-state index is 0.888. The summed E-state index contributed by atoms with van der Waals surface area (Å²) in [5.41, 5.74) is 0. The fourth-order valence-electron chi connectivity index (χ4n) is 1.16. The quantitative estimate of drug-likeness (QED) is 0.388. The molecule has 0 N–H and O–H groups in total. The standard InChI is InChI=1S/C8H13INO/c1-10(4-2-3-9)5-7-11-8-6-10/h4-8H2,1H3/q+1. The smallest absolute Gasteiger partial charge is 0.141 e. The topological polar surface area (TPSA) is 9.23 Å². The second-order valence-electron chi connectivity index (χ2n) is 3.11. The summed E-state index contributed by atoms with van der Waals surface area (Å²) < 4.78 is 9.23. The Kier molecular flexibility index (Phi) is 3.63. The van der Waals surface area contributed by atoms with E-state index in [4.69, 9.17) is 4.74 Å². The van der Waals surface area contributed by atoms with Gasteiger partial charge in [0, 0.05) is 22.6 Å². The molecule has 0 aromatic carbocycles. The van der Waals surface area contributed by atoms with Gasteiger partial charge in [-0.15, -0.1) is 0 Å². The van der Waals surface area contributed by atoms with Gasteiger partial charge < -0.3 is 9.22 Å². The molecule has 0 aromatic heterocycles. The maximum Gasteiger partial charge on any atom is 0.141 e. The number of nitrogens with zero attached hydrogens (tertiary/aromatic N) is 1. The van der Waals surface area contributed by atoms with E-state index in [2.05, 4.69) is 39.5 Å². The number of likely N-dealkylation sites (N-methyl/N-ethyl adjacent to an activating group) is 1. The molecule has 1 saturated heterocycles. The maximum atomic E-state index is 5.28. The van der Waals surface area contributed by atoms with Crippen molar-refractivity contribution in [3.05, 3.63) is 0 Å². The third kappa shape index (κ3) is 2.97. The van der Waals surface area contributed by atoms with Crippen LogP contribution in [-0.4, -0.2) is 44.4 Å². The molecular weight excluding hydrogens is 253 g/mol. The molecule has 1 heterocycles. The summed E-state index contributed by atoms with van der Waals surface area (Å²) in [6.45, 7) is 4.95. The van der Waals surface area contributed by atoms with Crippen LogP contribution in [-0.2, 0) is 4.74 Å². The third-order valence-corrected chi connectivity index (χ3v) is 2.46. The molecule has 11 heavy (non-hydrogen) atoms. The average Bonchev–Trinajstić information content (AvgIpc) is 2.03. The van der Waals surface area contributed by atoms with E-state index in [0.29, 0.717) is 0 Å². The number of halogens is 1. The van der Waals surface area contributed by atoms with Gasteiger partial charge in [0.05, 0.1) is 20.3 Å². The van der Waals surface area contributed by atoms with E-state index < -0.39 is 0 Å². The van der Waals surface area contributed by atoms with E-state index in [0.717, 1.165) is 37.3 Å². The second-order valence-corrected chi connectivity index (χ2v) is 3.65. The van der Waals surface area contributed by atoms with Crippen molar-refractivity contribution in [3.63, 3.8) is 0 Å². The number of rotatable bonds is 1. The molecule has 3 heteroatoms. The molecule has 0 radical (unpaired) electrons. The molecule has 0 aliphatic carbocycles. The highest BCUT2D eigenvalue weighted by Crippen LogP contribution is 2.05. The number of hydrogen-bond acceptors (Lipinski definition) is 1. The molecule has 2 nitrogen and oxygen atoms in total. The third-order valence-electron chi connectivity index (χ3n) is 2.08. The van der Waals surface area contributed by atoms with Crippen molar-refractivity contribution in [2.75, 3.05) is 39.9 Å². The van der Waals surface area contributed by atoms with E-state index in [1.54, 1.807) is 0 Å². The number of hydrogen-bond donors (Lipinski definition) is 0. The fraction of sp³-hybridized carbons (Fsp3) is 0.750. The predicted molar refractivity (Wildman–Crippen MR) is 53.4 cm³/mol. The molecule has 1 fully saturated rings. The molecule has 1 rings (SSSR count). The number of quaternary nitrogens is 1. The lowest BCUT2D eigenvalue weighted by atomic mass is 10.3. The van der Waals surface area contributed by atoms with Crippen molar-refractivity contribution in [2.24, 2.45) is 0 Å². The van der Waals surface area contributed by atoms with E-state index >= 15 is 0 Å². The Hall–Kier alpha value is 0.210. The largest absolute Gasteiger partial charge is 0.370 e. The summed E-state index contributed by atoms with van der Waals surface area (Å²) in [5, 5.41) is 0. The Morgan fingerprint density at radius 2 is 2.09 bits per heavy atom. The average molecular weight is 266 g/mol. The highest BCUT2D eigenvalue weighted by molar-refractivity contribution is 14.1. The van der Waals surface area contributed by atoms with Crippen molar-refractivity contribution in [2.45, 2.75) is 0 Å². The molecule has 0 bridgehead atoms. The first-order chi connectivity index (χ1) is 5.27. The molecule has 0 atom stereocenters. The van der Waals surface area contributed by atoms with Crippen LogP contribution in [0, 0.1) is 9.85 Å². The summed E-state index contributed by atoms with van der Waals surface area (Å²) in [6.07, 6.45) is 0. The first kappa shape index (κ1) is 9.30. The number of ether oxygens (including phenoxy) is 1. The van der Waals surface area contributed by atoms with Crippen molar-refractivity contribution in [1.82, 2.24) is 0 Å². The van der Waals surface area contributed by atoms with Gasteiger partial charge >= 0.3 is 0 Å². The van der Waals surface area contributed by atoms with Gasteiger partial charge in [0.25, 0.3) is 0 Å². The van der Waals surface area contributed by atoms with Gasteiger partial charge in [-0.3, -0.25) is 0 Å². The van der Waals surface area contributed by atoms with Gasteiger partial charge in [-0.2, -0.15) is 0 Å². The van der Waals surface area contributed by atoms with E-state index in [1.165, 1.54) is 0 Å². The van der Waals surface area contributed by atoms with Crippen molar-refractivity contribution in [1.29, 1.82) is 0 Å². The SMILES string of the molecule is C[N+]1(CC#CI)CCOCC1. The minimum atomic E-state index is 0.888. The normalized spacial score (nSPS) is 22.0. The Labute approximate surface area is 81.6 Å². The van der Waals surface area contributed by atoms with Crippen LogP contribution in [0.15, 0.2) is 0 Å². The minimum Gasteiger partial charge on any atom is -0.370 e. The van der Waals surface area contributed by atoms with E-state index in [-0.39, 0.29) is 0 Å². The van der Waals surface area contributed by atoms with E-state index in [9.17, 15) is 0 Å². The van der Waals surface area contributed by atoms with Gasteiger partial charge in [0.1, 0.15) is 19.6 Å². The molecule has 0 aromatic rings. The van der Waals surface area contributed by atoms with Crippen LogP contribution in [0.1, 0.15) is 0 Å². The zero-order valence-electron chi connectivity index (χ0n) is 6.77. The van der Waals surface area contributed by atoms with Crippen molar-refractivity contribution < 1.29 is 9.22 Å². The molecule has 0 saturated carbocycles. The van der Waals surface area contributed by atoms with Gasteiger partial charge in [0.15, 0.2) is 0 Å². The monoisotopic (exact) mass is 266 g/mol. The molecule has 0 spiro atoms. The summed E-state index contributed by atoms with van der Waals surface area (Å²) >= 11 is 2.09. The van der Waals surface area contributed by atoms with Crippen molar-refractivity contribution >= 4 is 22.6 Å². The highest BCUT2D eigenvalue weighted by Gasteiger charge is 2.23. The van der Waals surface area contributed by atoms with Gasteiger partial charge in [-0.25, -0.2) is 0 Å². The first-order valence-electron chi connectivity index (χ1n) is 3.77. The second kappa shape index (κ2) is 4.29. The Morgan fingerprint density at radius 3 is 2.64 bits per heavy atom. The van der Waals surface area contributed by atoms with Crippen LogP contribution in [0.5, 0.6) is 0 Å².